The fourth-order valence-electron chi connectivity index (χ4n) is 4.28. The van der Waals surface area contributed by atoms with Gasteiger partial charge in [0.05, 0.1) is 35.2 Å². The number of piperidine rings is 1. The van der Waals surface area contributed by atoms with Crippen molar-refractivity contribution in [2.75, 3.05) is 19.7 Å². The molecule has 1 aliphatic heterocycles. The molecule has 1 aliphatic rings. The molecule has 6 nitrogen and oxygen atoms in total. The first-order valence-corrected chi connectivity index (χ1v) is 11.5. The van der Waals surface area contributed by atoms with Gasteiger partial charge in [-0.1, -0.05) is 38.5 Å². The summed E-state index contributed by atoms with van der Waals surface area (Å²) in [5.74, 6) is -0.0805. The van der Waals surface area contributed by atoms with Gasteiger partial charge < -0.3 is 9.64 Å². The maximum Gasteiger partial charge on any atom is 0.310 e. The second kappa shape index (κ2) is 10.1. The number of ether oxygens (including phenoxy) is 1. The summed E-state index contributed by atoms with van der Waals surface area (Å²) in [6.07, 6.45) is 3.02. The third-order valence-corrected chi connectivity index (χ3v) is 5.81. The summed E-state index contributed by atoms with van der Waals surface area (Å²) in [7, 11) is 0. The van der Waals surface area contributed by atoms with Gasteiger partial charge in [0, 0.05) is 13.1 Å². The van der Waals surface area contributed by atoms with Crippen LogP contribution in [0.25, 0.3) is 5.69 Å². The maximum atomic E-state index is 13.7. The minimum absolute atomic E-state index is 0.0140. The molecule has 1 aromatic carbocycles. The zero-order valence-corrected chi connectivity index (χ0v) is 19.5. The molecule has 0 bridgehead atoms. The van der Waals surface area contributed by atoms with Gasteiger partial charge in [-0.05, 0) is 57.6 Å². The number of carbonyl (C=O) groups is 2. The highest BCUT2D eigenvalue weighted by atomic mass is 16.5. The van der Waals surface area contributed by atoms with Crippen molar-refractivity contribution >= 4 is 11.9 Å². The quantitative estimate of drug-likeness (QED) is 0.619. The number of likely N-dealkylation sites (tertiary alicyclic amines) is 1. The van der Waals surface area contributed by atoms with E-state index in [1.54, 1.807) is 0 Å². The van der Waals surface area contributed by atoms with E-state index in [1.165, 1.54) is 5.56 Å². The molecule has 2 heterocycles. The molecule has 6 heteroatoms. The molecule has 0 N–H and O–H groups in total. The number of benzene rings is 1. The zero-order valence-electron chi connectivity index (χ0n) is 19.5. The second-order valence-corrected chi connectivity index (χ2v) is 8.81. The fourth-order valence-corrected chi connectivity index (χ4v) is 4.28. The lowest BCUT2D eigenvalue weighted by Gasteiger charge is -2.31. The van der Waals surface area contributed by atoms with Crippen molar-refractivity contribution in [1.82, 2.24) is 14.7 Å². The number of aromatic nitrogens is 2. The van der Waals surface area contributed by atoms with Crippen molar-refractivity contribution in [3.05, 3.63) is 46.8 Å². The van der Waals surface area contributed by atoms with Crippen LogP contribution in [-0.2, 0) is 22.4 Å². The minimum Gasteiger partial charge on any atom is -0.466 e. The van der Waals surface area contributed by atoms with Crippen LogP contribution in [0.3, 0.4) is 0 Å². The van der Waals surface area contributed by atoms with Crippen LogP contribution >= 0.6 is 0 Å². The van der Waals surface area contributed by atoms with Gasteiger partial charge in [-0.3, -0.25) is 9.59 Å². The van der Waals surface area contributed by atoms with Crippen LogP contribution in [0.5, 0.6) is 0 Å². The van der Waals surface area contributed by atoms with Crippen LogP contribution in [0.1, 0.15) is 67.8 Å². The first-order chi connectivity index (χ1) is 14.8. The van der Waals surface area contributed by atoms with Crippen molar-refractivity contribution in [2.24, 2.45) is 11.8 Å². The minimum atomic E-state index is -0.247. The number of amides is 1. The molecule has 1 saturated heterocycles. The number of nitrogens with zero attached hydrogens (tertiary/aromatic N) is 3. The molecule has 0 aliphatic carbocycles. The Morgan fingerprint density at radius 3 is 2.52 bits per heavy atom. The Kier molecular flexibility index (Phi) is 7.52. The lowest BCUT2D eigenvalue weighted by Crippen LogP contribution is -2.43. The number of esters is 1. The first-order valence-electron chi connectivity index (χ1n) is 11.5. The van der Waals surface area contributed by atoms with Gasteiger partial charge >= 0.3 is 5.97 Å². The van der Waals surface area contributed by atoms with Gasteiger partial charge in [-0.25, -0.2) is 4.68 Å². The maximum absolute atomic E-state index is 13.7. The summed E-state index contributed by atoms with van der Waals surface area (Å²) in [6, 6.07) is 8.22. The van der Waals surface area contributed by atoms with E-state index in [1.807, 2.05) is 28.6 Å². The normalized spacial score (nSPS) is 16.6. The predicted octanol–water partition coefficient (Wildman–Crippen LogP) is 4.36. The van der Waals surface area contributed by atoms with Crippen molar-refractivity contribution < 1.29 is 14.3 Å². The van der Waals surface area contributed by atoms with E-state index in [0.29, 0.717) is 37.6 Å². The van der Waals surface area contributed by atoms with Gasteiger partial charge in [0.1, 0.15) is 0 Å². The molecule has 0 spiro atoms. The molecule has 2 aromatic rings. The van der Waals surface area contributed by atoms with Gasteiger partial charge in [-0.2, -0.15) is 5.10 Å². The predicted molar refractivity (Wildman–Crippen MR) is 121 cm³/mol. The molecular weight excluding hydrogens is 390 g/mol. The van der Waals surface area contributed by atoms with Crippen LogP contribution in [0.4, 0.5) is 0 Å². The van der Waals surface area contributed by atoms with Crippen molar-refractivity contribution in [2.45, 2.75) is 60.3 Å². The highest BCUT2D eigenvalue weighted by Gasteiger charge is 2.33. The SMILES string of the molecule is CCOC(=O)[C@H]1CCCN(C(=O)c2c(CC(C)C)nn(-c3ccc(C)cc3)c2CC)C1. The average Bonchev–Trinajstić information content (AvgIpc) is 3.11. The monoisotopic (exact) mass is 425 g/mol. The lowest BCUT2D eigenvalue weighted by atomic mass is 9.96. The Hall–Kier alpha value is -2.63. The summed E-state index contributed by atoms with van der Waals surface area (Å²) in [6.45, 7) is 11.7. The van der Waals surface area contributed by atoms with E-state index in [9.17, 15) is 9.59 Å². The van der Waals surface area contributed by atoms with Gasteiger partial charge in [0.2, 0.25) is 0 Å². The third-order valence-electron chi connectivity index (χ3n) is 5.81. The zero-order chi connectivity index (χ0) is 22.5. The lowest BCUT2D eigenvalue weighted by molar-refractivity contribution is -0.149. The molecule has 0 saturated carbocycles. The number of hydrogen-bond donors (Lipinski definition) is 0. The van der Waals surface area contributed by atoms with Crippen LogP contribution < -0.4 is 0 Å². The second-order valence-electron chi connectivity index (χ2n) is 8.81. The summed E-state index contributed by atoms with van der Waals surface area (Å²) < 4.78 is 7.14. The van der Waals surface area contributed by atoms with Crippen LogP contribution in [0, 0.1) is 18.8 Å². The molecule has 1 atom stereocenters. The Labute approximate surface area is 185 Å². The van der Waals surface area contributed by atoms with Gasteiger partial charge in [-0.15, -0.1) is 0 Å². The number of hydrogen-bond acceptors (Lipinski definition) is 4. The Balaban J connectivity index is 1.98. The van der Waals surface area contributed by atoms with E-state index < -0.39 is 0 Å². The summed E-state index contributed by atoms with van der Waals surface area (Å²) in [4.78, 5) is 27.8. The molecule has 0 unspecified atom stereocenters. The summed E-state index contributed by atoms with van der Waals surface area (Å²) >= 11 is 0. The van der Waals surface area contributed by atoms with E-state index in [0.717, 1.165) is 36.3 Å². The Bertz CT molecular complexity index is 915. The molecule has 168 valence electrons. The largest absolute Gasteiger partial charge is 0.466 e. The molecule has 1 fully saturated rings. The third kappa shape index (κ3) is 5.17. The Morgan fingerprint density at radius 2 is 1.90 bits per heavy atom. The summed E-state index contributed by atoms with van der Waals surface area (Å²) in [5, 5.41) is 4.90. The average molecular weight is 426 g/mol. The first kappa shape index (κ1) is 23.0. The standard InChI is InChI=1S/C25H35N3O3/c1-6-22-23(24(29)27-14-8-9-19(16-27)25(30)31-7-2)21(15-17(3)4)26-28(22)20-12-10-18(5)11-13-20/h10-13,17,19H,6-9,14-16H2,1-5H3/t19-/m0/s1. The van der Waals surface area contributed by atoms with Crippen molar-refractivity contribution in [3.63, 3.8) is 0 Å². The topological polar surface area (TPSA) is 64.4 Å². The molecule has 3 rings (SSSR count). The van der Waals surface area contributed by atoms with E-state index >= 15 is 0 Å². The van der Waals surface area contributed by atoms with Crippen molar-refractivity contribution in [1.29, 1.82) is 0 Å². The van der Waals surface area contributed by atoms with E-state index in [4.69, 9.17) is 9.84 Å². The molecule has 31 heavy (non-hydrogen) atoms. The van der Waals surface area contributed by atoms with Crippen LogP contribution in [0.2, 0.25) is 0 Å². The fraction of sp³-hybridized carbons (Fsp3) is 0.560. The van der Waals surface area contributed by atoms with E-state index in [2.05, 4.69) is 39.8 Å². The molecule has 1 aromatic heterocycles. The number of aryl methyl sites for hydroxylation is 1. The van der Waals surface area contributed by atoms with Gasteiger partial charge in [0.15, 0.2) is 0 Å². The highest BCUT2D eigenvalue weighted by Crippen LogP contribution is 2.27. The van der Waals surface area contributed by atoms with E-state index in [-0.39, 0.29) is 17.8 Å². The number of carbonyl (C=O) groups excluding carboxylic acids is 2. The number of rotatable bonds is 7. The Morgan fingerprint density at radius 1 is 1.19 bits per heavy atom. The molecule has 0 radical (unpaired) electrons. The smallest absolute Gasteiger partial charge is 0.310 e. The summed E-state index contributed by atoms with van der Waals surface area (Å²) in [5.41, 5.74) is 4.64. The molecule has 1 amide bonds. The molecular formula is C25H35N3O3. The van der Waals surface area contributed by atoms with Crippen molar-refractivity contribution in [3.8, 4) is 5.69 Å². The van der Waals surface area contributed by atoms with Gasteiger partial charge in [0.25, 0.3) is 5.91 Å². The highest BCUT2D eigenvalue weighted by molar-refractivity contribution is 5.97. The van der Waals surface area contributed by atoms with Crippen LogP contribution in [-0.4, -0.2) is 46.3 Å². The van der Waals surface area contributed by atoms with Crippen LogP contribution in [0.15, 0.2) is 24.3 Å².